The summed E-state index contributed by atoms with van der Waals surface area (Å²) < 4.78 is 13.0. The molecule has 0 bridgehead atoms. The molecule has 2 nitrogen and oxygen atoms in total. The van der Waals surface area contributed by atoms with Gasteiger partial charge in [0, 0.05) is 20.7 Å². The molecule has 0 fully saturated rings. The van der Waals surface area contributed by atoms with Gasteiger partial charge in [-0.25, -0.2) is 9.37 Å². The lowest BCUT2D eigenvalue weighted by Gasteiger charge is -1.96. The summed E-state index contributed by atoms with van der Waals surface area (Å²) in [6, 6.07) is 12.4. The van der Waals surface area contributed by atoms with E-state index >= 15 is 0 Å². The highest BCUT2D eigenvalue weighted by molar-refractivity contribution is 7.13. The maximum Gasteiger partial charge on any atom is 0.134 e. The molecule has 108 valence electrons. The third kappa shape index (κ3) is 3.14. The lowest BCUT2D eigenvalue weighted by molar-refractivity contribution is 0.628. The zero-order valence-corrected chi connectivity index (χ0v) is 13.3. The minimum absolute atomic E-state index is 0.273. The van der Waals surface area contributed by atoms with Gasteiger partial charge in [-0.1, -0.05) is 0 Å². The van der Waals surface area contributed by atoms with Crippen LogP contribution in [-0.4, -0.2) is 4.98 Å². The molecule has 2 heterocycles. The molecule has 0 saturated carbocycles. The third-order valence-corrected chi connectivity index (χ3v) is 4.87. The van der Waals surface area contributed by atoms with Crippen molar-refractivity contribution in [3.05, 3.63) is 62.4 Å². The molecular formula is C17H11FN2S2. The highest BCUT2D eigenvalue weighted by Crippen LogP contribution is 2.28. The fourth-order valence-corrected chi connectivity index (χ4v) is 3.58. The van der Waals surface area contributed by atoms with Crippen LogP contribution in [0.5, 0.6) is 0 Å². The van der Waals surface area contributed by atoms with Crippen molar-refractivity contribution in [2.24, 2.45) is 0 Å². The summed E-state index contributed by atoms with van der Waals surface area (Å²) in [6.45, 7) is 2.03. The van der Waals surface area contributed by atoms with E-state index < -0.39 is 0 Å². The summed E-state index contributed by atoms with van der Waals surface area (Å²) in [5.41, 5.74) is 2.14. The smallest absolute Gasteiger partial charge is 0.134 e. The number of aryl methyl sites for hydroxylation is 1. The fraction of sp³-hybridized carbons (Fsp3) is 0.0588. The first kappa shape index (κ1) is 14.6. The van der Waals surface area contributed by atoms with Gasteiger partial charge in [-0.05, 0) is 49.4 Å². The molecule has 5 heteroatoms. The molecule has 22 heavy (non-hydrogen) atoms. The summed E-state index contributed by atoms with van der Waals surface area (Å²) in [4.78, 5) is 6.73. The zero-order valence-electron chi connectivity index (χ0n) is 11.7. The van der Waals surface area contributed by atoms with Crippen molar-refractivity contribution in [2.45, 2.75) is 6.92 Å². The van der Waals surface area contributed by atoms with Gasteiger partial charge in [-0.3, -0.25) is 0 Å². The van der Waals surface area contributed by atoms with Crippen LogP contribution >= 0.6 is 22.7 Å². The van der Waals surface area contributed by atoms with Crippen molar-refractivity contribution in [3.63, 3.8) is 0 Å². The SMILES string of the molecule is Cc1ccc(/C=C(/C#N)c2nc(-c3ccc(F)cc3)cs2)s1. The second-order valence-electron chi connectivity index (χ2n) is 4.66. The molecule has 0 amide bonds. The number of halogens is 1. The van der Waals surface area contributed by atoms with E-state index in [9.17, 15) is 9.65 Å². The Balaban J connectivity index is 1.93. The number of thiazole rings is 1. The maximum atomic E-state index is 13.0. The fourth-order valence-electron chi connectivity index (χ4n) is 1.97. The Morgan fingerprint density at radius 3 is 2.64 bits per heavy atom. The second-order valence-corrected chi connectivity index (χ2v) is 6.84. The lowest BCUT2D eigenvalue weighted by Crippen LogP contribution is -1.82. The minimum Gasteiger partial charge on any atom is -0.235 e. The van der Waals surface area contributed by atoms with E-state index in [2.05, 4.69) is 11.1 Å². The molecule has 3 aromatic rings. The number of rotatable bonds is 3. The van der Waals surface area contributed by atoms with Gasteiger partial charge in [-0.15, -0.1) is 22.7 Å². The quantitative estimate of drug-likeness (QED) is 0.606. The molecule has 0 spiro atoms. The standard InChI is InChI=1S/C17H11FN2S2/c1-11-2-7-15(22-11)8-13(9-19)17-20-16(10-21-17)12-3-5-14(18)6-4-12/h2-8,10H,1H3/b13-8-. The van der Waals surface area contributed by atoms with Crippen molar-refractivity contribution in [3.8, 4) is 17.3 Å². The van der Waals surface area contributed by atoms with Gasteiger partial charge in [0.25, 0.3) is 0 Å². The molecule has 0 aliphatic rings. The number of aromatic nitrogens is 1. The molecule has 3 rings (SSSR count). The Kier molecular flexibility index (Phi) is 4.14. The molecule has 2 aromatic heterocycles. The molecule has 0 atom stereocenters. The van der Waals surface area contributed by atoms with Crippen LogP contribution in [0.15, 0.2) is 41.8 Å². The predicted molar refractivity (Wildman–Crippen MR) is 90.0 cm³/mol. The average molecular weight is 326 g/mol. The topological polar surface area (TPSA) is 36.7 Å². The number of thiophene rings is 1. The number of allylic oxidation sites excluding steroid dienone is 1. The van der Waals surface area contributed by atoms with E-state index in [1.54, 1.807) is 23.5 Å². The summed E-state index contributed by atoms with van der Waals surface area (Å²) >= 11 is 3.05. The molecule has 0 unspecified atom stereocenters. The van der Waals surface area contributed by atoms with Gasteiger partial charge in [-0.2, -0.15) is 5.26 Å². The van der Waals surface area contributed by atoms with E-state index in [0.717, 1.165) is 16.1 Å². The van der Waals surface area contributed by atoms with Crippen LogP contribution in [0.3, 0.4) is 0 Å². The van der Waals surface area contributed by atoms with Crippen LogP contribution in [0.1, 0.15) is 14.8 Å². The highest BCUT2D eigenvalue weighted by Gasteiger charge is 2.09. The van der Waals surface area contributed by atoms with Gasteiger partial charge in [0.1, 0.15) is 16.9 Å². The first-order valence-corrected chi connectivity index (χ1v) is 8.25. The summed E-state index contributed by atoms with van der Waals surface area (Å²) in [7, 11) is 0. The number of nitriles is 1. The molecule has 0 saturated heterocycles. The average Bonchev–Trinajstić information content (AvgIpc) is 3.15. The van der Waals surface area contributed by atoms with Gasteiger partial charge in [0.2, 0.25) is 0 Å². The van der Waals surface area contributed by atoms with Crippen molar-refractivity contribution >= 4 is 34.3 Å². The molecule has 0 N–H and O–H groups in total. The van der Waals surface area contributed by atoms with E-state index in [1.807, 2.05) is 30.5 Å². The van der Waals surface area contributed by atoms with Gasteiger partial charge in [0.05, 0.1) is 11.3 Å². The Labute approximate surface area is 135 Å². The van der Waals surface area contributed by atoms with Crippen molar-refractivity contribution < 1.29 is 4.39 Å². The van der Waals surface area contributed by atoms with Crippen molar-refractivity contribution in [2.75, 3.05) is 0 Å². The monoisotopic (exact) mass is 326 g/mol. The van der Waals surface area contributed by atoms with E-state index in [-0.39, 0.29) is 5.82 Å². The van der Waals surface area contributed by atoms with E-state index in [4.69, 9.17) is 0 Å². The van der Waals surface area contributed by atoms with E-state index in [0.29, 0.717) is 10.6 Å². The number of nitrogens with zero attached hydrogens (tertiary/aromatic N) is 2. The third-order valence-electron chi connectivity index (χ3n) is 3.04. The molecule has 1 aromatic carbocycles. The van der Waals surface area contributed by atoms with Crippen LogP contribution in [0, 0.1) is 24.1 Å². The summed E-state index contributed by atoms with van der Waals surface area (Å²) in [6.07, 6.45) is 1.85. The summed E-state index contributed by atoms with van der Waals surface area (Å²) in [5.74, 6) is -0.273. The van der Waals surface area contributed by atoms with Crippen LogP contribution < -0.4 is 0 Å². The van der Waals surface area contributed by atoms with Gasteiger partial charge >= 0.3 is 0 Å². The first-order valence-electron chi connectivity index (χ1n) is 6.56. The maximum absolute atomic E-state index is 13.0. The van der Waals surface area contributed by atoms with Crippen LogP contribution in [0.25, 0.3) is 22.9 Å². The number of hydrogen-bond acceptors (Lipinski definition) is 4. The lowest BCUT2D eigenvalue weighted by atomic mass is 10.2. The molecular weight excluding hydrogens is 315 g/mol. The second kappa shape index (κ2) is 6.22. The van der Waals surface area contributed by atoms with Crippen molar-refractivity contribution in [1.29, 1.82) is 5.26 Å². The summed E-state index contributed by atoms with van der Waals surface area (Å²) in [5, 5.41) is 11.9. The largest absolute Gasteiger partial charge is 0.235 e. The van der Waals surface area contributed by atoms with Crippen LogP contribution in [0.2, 0.25) is 0 Å². The Morgan fingerprint density at radius 1 is 1.23 bits per heavy atom. The molecule has 0 radical (unpaired) electrons. The Morgan fingerprint density at radius 2 is 2.00 bits per heavy atom. The van der Waals surface area contributed by atoms with Crippen molar-refractivity contribution in [1.82, 2.24) is 4.98 Å². The first-order chi connectivity index (χ1) is 10.7. The van der Waals surface area contributed by atoms with Gasteiger partial charge < -0.3 is 0 Å². The normalized spacial score (nSPS) is 11.4. The zero-order chi connectivity index (χ0) is 15.5. The molecule has 0 aliphatic heterocycles. The van der Waals surface area contributed by atoms with E-state index in [1.165, 1.54) is 28.3 Å². The molecule has 0 aliphatic carbocycles. The number of hydrogen-bond donors (Lipinski definition) is 0. The minimum atomic E-state index is -0.273. The predicted octanol–water partition coefficient (Wildman–Crippen LogP) is 5.38. The highest BCUT2D eigenvalue weighted by atomic mass is 32.1. The number of benzene rings is 1. The van der Waals surface area contributed by atoms with Crippen LogP contribution in [-0.2, 0) is 0 Å². The Hall–Kier alpha value is -2.29. The van der Waals surface area contributed by atoms with Gasteiger partial charge in [0.15, 0.2) is 0 Å². The van der Waals surface area contributed by atoms with Crippen LogP contribution in [0.4, 0.5) is 4.39 Å². The Bertz CT molecular complexity index is 867.